The van der Waals surface area contributed by atoms with Gasteiger partial charge in [-0.25, -0.2) is 4.98 Å². The van der Waals surface area contributed by atoms with Gasteiger partial charge in [-0.1, -0.05) is 24.3 Å². The first-order valence-corrected chi connectivity index (χ1v) is 6.86. The molecule has 1 aromatic heterocycles. The summed E-state index contributed by atoms with van der Waals surface area (Å²) >= 11 is 7.50. The number of hydrogen-bond donors (Lipinski definition) is 1. The van der Waals surface area contributed by atoms with Crippen molar-refractivity contribution in [1.29, 1.82) is 0 Å². The predicted octanol–water partition coefficient (Wildman–Crippen LogP) is 4.11. The molecule has 0 saturated heterocycles. The van der Waals surface area contributed by atoms with E-state index in [1.807, 2.05) is 19.1 Å². The second kappa shape index (κ2) is 5.52. The summed E-state index contributed by atoms with van der Waals surface area (Å²) in [6.07, 6.45) is 0. The Morgan fingerprint density at radius 2 is 2.06 bits per heavy atom. The summed E-state index contributed by atoms with van der Waals surface area (Å²) in [4.78, 5) is 5.71. The summed E-state index contributed by atoms with van der Waals surface area (Å²) in [6.45, 7) is 4.91. The van der Waals surface area contributed by atoms with E-state index in [-0.39, 0.29) is 0 Å². The zero-order valence-corrected chi connectivity index (χ0v) is 11.5. The topological polar surface area (TPSA) is 24.9 Å². The number of hydrogen-bond acceptors (Lipinski definition) is 3. The second-order valence-electron chi connectivity index (χ2n) is 3.97. The maximum Gasteiger partial charge on any atom is 0.183 e. The van der Waals surface area contributed by atoms with Crippen molar-refractivity contribution < 1.29 is 0 Å². The second-order valence-corrected chi connectivity index (χ2v) is 5.44. The van der Waals surface area contributed by atoms with Crippen LogP contribution in [-0.4, -0.2) is 4.98 Å². The molecule has 0 spiro atoms. The molecular formula is C13H15ClN2S. The van der Waals surface area contributed by atoms with Crippen LogP contribution in [0.15, 0.2) is 24.3 Å². The molecular weight excluding hydrogens is 252 g/mol. The predicted molar refractivity (Wildman–Crippen MR) is 74.9 cm³/mol. The van der Waals surface area contributed by atoms with E-state index in [4.69, 9.17) is 11.6 Å². The van der Waals surface area contributed by atoms with Crippen molar-refractivity contribution in [2.24, 2.45) is 0 Å². The van der Waals surface area contributed by atoms with Gasteiger partial charge in [0.2, 0.25) is 0 Å². The standard InChI is InChI=1S/C13H15ClN2S/c1-9-10(2)17-13(16-9)15-8-12-5-3-4-11(6-12)7-14/h3-6H,7-8H2,1-2H3,(H,15,16). The van der Waals surface area contributed by atoms with Crippen LogP contribution in [0, 0.1) is 13.8 Å². The van der Waals surface area contributed by atoms with Gasteiger partial charge in [0.05, 0.1) is 5.69 Å². The normalized spacial score (nSPS) is 10.5. The number of aromatic nitrogens is 1. The molecule has 2 rings (SSSR count). The molecule has 2 aromatic rings. The Hall–Kier alpha value is -1.06. The van der Waals surface area contributed by atoms with Gasteiger partial charge < -0.3 is 5.32 Å². The first-order valence-electron chi connectivity index (χ1n) is 5.50. The van der Waals surface area contributed by atoms with Gasteiger partial charge in [-0.05, 0) is 25.0 Å². The number of nitrogens with one attached hydrogen (secondary N) is 1. The van der Waals surface area contributed by atoms with E-state index in [0.29, 0.717) is 5.88 Å². The molecule has 0 amide bonds. The molecule has 1 heterocycles. The maximum absolute atomic E-state index is 5.81. The molecule has 0 aliphatic carbocycles. The first-order chi connectivity index (χ1) is 8.19. The lowest BCUT2D eigenvalue weighted by atomic mass is 10.1. The lowest BCUT2D eigenvalue weighted by Crippen LogP contribution is -1.99. The van der Waals surface area contributed by atoms with Crippen LogP contribution in [0.1, 0.15) is 21.7 Å². The third-order valence-corrected chi connectivity index (χ3v) is 3.96. The molecule has 0 saturated carbocycles. The Morgan fingerprint density at radius 3 is 2.71 bits per heavy atom. The van der Waals surface area contributed by atoms with Crippen molar-refractivity contribution in [3.8, 4) is 0 Å². The maximum atomic E-state index is 5.81. The van der Waals surface area contributed by atoms with E-state index in [9.17, 15) is 0 Å². The molecule has 17 heavy (non-hydrogen) atoms. The first kappa shape index (κ1) is 12.4. The third-order valence-electron chi connectivity index (χ3n) is 2.62. The van der Waals surface area contributed by atoms with Crippen LogP contribution >= 0.6 is 22.9 Å². The van der Waals surface area contributed by atoms with Crippen molar-refractivity contribution in [1.82, 2.24) is 4.98 Å². The quantitative estimate of drug-likeness (QED) is 0.843. The summed E-state index contributed by atoms with van der Waals surface area (Å²) < 4.78 is 0. The zero-order chi connectivity index (χ0) is 12.3. The van der Waals surface area contributed by atoms with Gasteiger partial charge >= 0.3 is 0 Å². The van der Waals surface area contributed by atoms with Gasteiger partial charge in [-0.15, -0.1) is 22.9 Å². The van der Waals surface area contributed by atoms with E-state index in [2.05, 4.69) is 29.4 Å². The summed E-state index contributed by atoms with van der Waals surface area (Å²) in [5.41, 5.74) is 3.48. The van der Waals surface area contributed by atoms with Crippen LogP contribution in [0.3, 0.4) is 0 Å². The van der Waals surface area contributed by atoms with E-state index >= 15 is 0 Å². The minimum atomic E-state index is 0.559. The van der Waals surface area contributed by atoms with Crippen molar-refractivity contribution in [3.63, 3.8) is 0 Å². The highest BCUT2D eigenvalue weighted by molar-refractivity contribution is 7.15. The Kier molecular flexibility index (Phi) is 4.02. The smallest absolute Gasteiger partial charge is 0.183 e. The summed E-state index contributed by atoms with van der Waals surface area (Å²) in [5, 5.41) is 4.32. The molecule has 1 N–H and O–H groups in total. The Morgan fingerprint density at radius 1 is 1.29 bits per heavy atom. The number of benzene rings is 1. The van der Waals surface area contributed by atoms with Gasteiger partial charge in [-0.2, -0.15) is 0 Å². The van der Waals surface area contributed by atoms with Crippen molar-refractivity contribution >= 4 is 28.1 Å². The molecule has 90 valence electrons. The number of alkyl halides is 1. The molecule has 4 heteroatoms. The average Bonchev–Trinajstić information content (AvgIpc) is 2.67. The molecule has 0 unspecified atom stereocenters. The van der Waals surface area contributed by atoms with Crippen molar-refractivity contribution in [2.75, 3.05) is 5.32 Å². The Bertz CT molecular complexity index is 488. The number of thiazole rings is 1. The minimum absolute atomic E-state index is 0.559. The van der Waals surface area contributed by atoms with E-state index < -0.39 is 0 Å². The van der Waals surface area contributed by atoms with Crippen LogP contribution < -0.4 is 5.32 Å². The monoisotopic (exact) mass is 266 g/mol. The molecule has 0 aliphatic heterocycles. The highest BCUT2D eigenvalue weighted by Crippen LogP contribution is 2.21. The molecule has 0 radical (unpaired) electrons. The van der Waals surface area contributed by atoms with Crippen LogP contribution in [0.25, 0.3) is 0 Å². The van der Waals surface area contributed by atoms with Gasteiger partial charge in [0, 0.05) is 17.3 Å². The number of aryl methyl sites for hydroxylation is 2. The SMILES string of the molecule is Cc1nc(NCc2cccc(CCl)c2)sc1C. The number of anilines is 1. The molecule has 2 nitrogen and oxygen atoms in total. The fourth-order valence-corrected chi connectivity index (χ4v) is 2.53. The summed E-state index contributed by atoms with van der Waals surface area (Å²) in [5.74, 6) is 0.559. The molecule has 0 fully saturated rings. The summed E-state index contributed by atoms with van der Waals surface area (Å²) in [7, 11) is 0. The Labute approximate surface area is 111 Å². The lowest BCUT2D eigenvalue weighted by Gasteiger charge is -2.04. The van der Waals surface area contributed by atoms with Crippen molar-refractivity contribution in [3.05, 3.63) is 46.0 Å². The largest absolute Gasteiger partial charge is 0.357 e. The molecule has 1 aromatic carbocycles. The van der Waals surface area contributed by atoms with Crippen LogP contribution in [-0.2, 0) is 12.4 Å². The fraction of sp³-hybridized carbons (Fsp3) is 0.308. The summed E-state index contributed by atoms with van der Waals surface area (Å²) in [6, 6.07) is 8.28. The van der Waals surface area contributed by atoms with E-state index in [1.165, 1.54) is 10.4 Å². The zero-order valence-electron chi connectivity index (χ0n) is 9.96. The minimum Gasteiger partial charge on any atom is -0.357 e. The highest BCUT2D eigenvalue weighted by Gasteiger charge is 2.03. The van der Waals surface area contributed by atoms with E-state index in [0.717, 1.165) is 22.9 Å². The van der Waals surface area contributed by atoms with Gasteiger partial charge in [0.15, 0.2) is 5.13 Å². The molecule has 0 atom stereocenters. The molecule has 0 aliphatic rings. The van der Waals surface area contributed by atoms with Gasteiger partial charge in [0.25, 0.3) is 0 Å². The number of nitrogens with zero attached hydrogens (tertiary/aromatic N) is 1. The number of halogens is 1. The van der Waals surface area contributed by atoms with Gasteiger partial charge in [0.1, 0.15) is 0 Å². The van der Waals surface area contributed by atoms with Crippen LogP contribution in [0.4, 0.5) is 5.13 Å². The van der Waals surface area contributed by atoms with Gasteiger partial charge in [-0.3, -0.25) is 0 Å². The Balaban J connectivity index is 2.01. The van der Waals surface area contributed by atoms with Crippen LogP contribution in [0.5, 0.6) is 0 Å². The van der Waals surface area contributed by atoms with E-state index in [1.54, 1.807) is 11.3 Å². The third kappa shape index (κ3) is 3.20. The highest BCUT2D eigenvalue weighted by atomic mass is 35.5. The fourth-order valence-electron chi connectivity index (χ4n) is 1.55. The average molecular weight is 267 g/mol. The molecule has 0 bridgehead atoms. The number of rotatable bonds is 4. The van der Waals surface area contributed by atoms with Crippen LogP contribution in [0.2, 0.25) is 0 Å². The lowest BCUT2D eigenvalue weighted by molar-refractivity contribution is 1.11. The van der Waals surface area contributed by atoms with Crippen molar-refractivity contribution in [2.45, 2.75) is 26.3 Å².